The molecule has 0 fully saturated rings. The van der Waals surface area contributed by atoms with Crippen LogP contribution in [0.15, 0.2) is 36.4 Å². The van der Waals surface area contributed by atoms with Gasteiger partial charge < -0.3 is 9.47 Å². The van der Waals surface area contributed by atoms with E-state index in [1.807, 2.05) is 12.1 Å². The molecule has 0 aliphatic rings. The van der Waals surface area contributed by atoms with Crippen molar-refractivity contribution in [3.63, 3.8) is 0 Å². The standard InChI is InChI=1S/C26H34O3S3/c1-4-6-7-8-9-10-17-28-25-16-15-23(32-25)22-12-11-20(30-22)21-13-14-24(31-21)26(27)29-18-19(3)5-2/h11-16,19H,4-10,17-18H2,1-3H3/t19-/m0/s1. The molecule has 3 rings (SSSR count). The topological polar surface area (TPSA) is 35.5 Å². The number of carbonyl (C=O) groups is 1. The normalized spacial score (nSPS) is 12.1. The van der Waals surface area contributed by atoms with Crippen molar-refractivity contribution in [3.8, 4) is 24.6 Å². The van der Waals surface area contributed by atoms with E-state index in [9.17, 15) is 4.79 Å². The Morgan fingerprint density at radius 3 is 2.19 bits per heavy atom. The lowest BCUT2D eigenvalue weighted by Crippen LogP contribution is -2.10. The SMILES string of the molecule is CCCCCCCCOc1ccc(-c2ccc(-c3ccc(C(=O)OC[C@@H](C)CC)s3)s2)s1. The molecule has 32 heavy (non-hydrogen) atoms. The van der Waals surface area contributed by atoms with E-state index in [0.717, 1.165) is 29.4 Å². The minimum absolute atomic E-state index is 0.219. The lowest BCUT2D eigenvalue weighted by molar-refractivity contribution is 0.0453. The van der Waals surface area contributed by atoms with Crippen molar-refractivity contribution in [2.45, 2.75) is 65.7 Å². The Morgan fingerprint density at radius 1 is 0.812 bits per heavy atom. The second kappa shape index (κ2) is 13.2. The third-order valence-electron chi connectivity index (χ3n) is 5.42. The molecule has 6 heteroatoms. The molecular weight excluding hydrogens is 456 g/mol. The van der Waals surface area contributed by atoms with E-state index in [2.05, 4.69) is 45.0 Å². The largest absolute Gasteiger partial charge is 0.484 e. The molecule has 0 aliphatic carbocycles. The summed E-state index contributed by atoms with van der Waals surface area (Å²) in [5.74, 6) is 0.174. The van der Waals surface area contributed by atoms with E-state index in [-0.39, 0.29) is 5.97 Å². The first-order chi connectivity index (χ1) is 15.6. The van der Waals surface area contributed by atoms with Crippen LogP contribution in [0.2, 0.25) is 0 Å². The first-order valence-corrected chi connectivity index (χ1v) is 14.2. The van der Waals surface area contributed by atoms with Gasteiger partial charge in [0.25, 0.3) is 0 Å². The van der Waals surface area contributed by atoms with Crippen molar-refractivity contribution in [1.29, 1.82) is 0 Å². The summed E-state index contributed by atoms with van der Waals surface area (Å²) in [7, 11) is 0. The predicted molar refractivity (Wildman–Crippen MR) is 140 cm³/mol. The van der Waals surface area contributed by atoms with Crippen LogP contribution < -0.4 is 4.74 Å². The fourth-order valence-corrected chi connectivity index (χ4v) is 6.14. The van der Waals surface area contributed by atoms with E-state index in [4.69, 9.17) is 9.47 Å². The van der Waals surface area contributed by atoms with Gasteiger partial charge in [0.1, 0.15) is 4.88 Å². The summed E-state index contributed by atoms with van der Waals surface area (Å²) in [5, 5.41) is 0.992. The van der Waals surface area contributed by atoms with Gasteiger partial charge in [0.05, 0.1) is 13.2 Å². The molecule has 3 nitrogen and oxygen atoms in total. The molecule has 1 atom stereocenters. The molecule has 0 spiro atoms. The first kappa shape index (κ1) is 25.0. The fraction of sp³-hybridized carbons (Fsp3) is 0.500. The van der Waals surface area contributed by atoms with Gasteiger partial charge in [0, 0.05) is 19.5 Å². The Balaban J connectivity index is 1.51. The number of ether oxygens (including phenoxy) is 2. The summed E-state index contributed by atoms with van der Waals surface area (Å²) in [6.45, 7) is 7.72. The highest BCUT2D eigenvalue weighted by Crippen LogP contribution is 2.41. The van der Waals surface area contributed by atoms with Gasteiger partial charge in [-0.3, -0.25) is 0 Å². The van der Waals surface area contributed by atoms with Gasteiger partial charge in [-0.15, -0.1) is 22.7 Å². The van der Waals surface area contributed by atoms with Gasteiger partial charge in [0.15, 0.2) is 5.06 Å². The number of hydrogen-bond donors (Lipinski definition) is 0. The van der Waals surface area contributed by atoms with E-state index >= 15 is 0 Å². The number of rotatable bonds is 14. The average Bonchev–Trinajstić information content (AvgIpc) is 3.56. The Bertz CT molecular complexity index is 953. The maximum absolute atomic E-state index is 12.3. The zero-order valence-electron chi connectivity index (χ0n) is 19.4. The summed E-state index contributed by atoms with van der Waals surface area (Å²) >= 11 is 4.96. The second-order valence-electron chi connectivity index (χ2n) is 8.17. The van der Waals surface area contributed by atoms with E-state index in [1.165, 1.54) is 58.1 Å². The van der Waals surface area contributed by atoms with Crippen LogP contribution >= 0.6 is 34.0 Å². The fourth-order valence-electron chi connectivity index (χ4n) is 3.17. The van der Waals surface area contributed by atoms with Crippen LogP contribution in [0.1, 0.15) is 75.4 Å². The van der Waals surface area contributed by atoms with E-state index in [1.54, 1.807) is 22.7 Å². The molecule has 0 aromatic carbocycles. The highest BCUT2D eigenvalue weighted by atomic mass is 32.1. The van der Waals surface area contributed by atoms with Gasteiger partial charge in [-0.25, -0.2) is 4.79 Å². The van der Waals surface area contributed by atoms with Gasteiger partial charge >= 0.3 is 5.97 Å². The number of carbonyl (C=O) groups excluding carboxylic acids is 1. The van der Waals surface area contributed by atoms with Crippen LogP contribution in [0, 0.1) is 5.92 Å². The van der Waals surface area contributed by atoms with Crippen molar-refractivity contribution in [2.75, 3.05) is 13.2 Å². The molecule has 3 aromatic heterocycles. The molecule has 0 radical (unpaired) electrons. The Kier molecular flexibility index (Phi) is 10.3. The second-order valence-corrected chi connectivity index (χ2v) is 11.4. The van der Waals surface area contributed by atoms with E-state index < -0.39 is 0 Å². The molecule has 0 unspecified atom stereocenters. The van der Waals surface area contributed by atoms with Crippen LogP contribution in [0.3, 0.4) is 0 Å². The molecule has 3 heterocycles. The molecule has 0 saturated carbocycles. The molecular formula is C26H34O3S3. The van der Waals surface area contributed by atoms with Gasteiger partial charge in [-0.1, -0.05) is 70.6 Å². The molecule has 0 N–H and O–H groups in total. The van der Waals surface area contributed by atoms with Crippen molar-refractivity contribution < 1.29 is 14.3 Å². The molecule has 0 bridgehead atoms. The van der Waals surface area contributed by atoms with Crippen molar-refractivity contribution in [3.05, 3.63) is 41.3 Å². The maximum atomic E-state index is 12.3. The minimum Gasteiger partial charge on any atom is -0.484 e. The monoisotopic (exact) mass is 490 g/mol. The highest BCUT2D eigenvalue weighted by molar-refractivity contribution is 7.27. The molecule has 0 amide bonds. The van der Waals surface area contributed by atoms with Crippen LogP contribution in [-0.2, 0) is 4.74 Å². The number of unbranched alkanes of at least 4 members (excludes halogenated alkanes) is 5. The zero-order chi connectivity index (χ0) is 22.8. The minimum atomic E-state index is -0.219. The number of hydrogen-bond acceptors (Lipinski definition) is 6. The summed E-state index contributed by atoms with van der Waals surface area (Å²) in [6.07, 6.45) is 8.66. The van der Waals surface area contributed by atoms with Crippen LogP contribution in [-0.4, -0.2) is 19.2 Å². The lowest BCUT2D eigenvalue weighted by atomic mass is 10.1. The summed E-state index contributed by atoms with van der Waals surface area (Å²) < 4.78 is 11.4. The lowest BCUT2D eigenvalue weighted by Gasteiger charge is -2.08. The zero-order valence-corrected chi connectivity index (χ0v) is 21.8. The first-order valence-electron chi connectivity index (χ1n) is 11.7. The van der Waals surface area contributed by atoms with Gasteiger partial charge in [-0.05, 0) is 48.7 Å². The quantitative estimate of drug-likeness (QED) is 0.167. The van der Waals surface area contributed by atoms with Crippen LogP contribution in [0.25, 0.3) is 19.5 Å². The van der Waals surface area contributed by atoms with Crippen LogP contribution in [0.4, 0.5) is 0 Å². The number of esters is 1. The van der Waals surface area contributed by atoms with Crippen LogP contribution in [0.5, 0.6) is 5.06 Å². The summed E-state index contributed by atoms with van der Waals surface area (Å²) in [6, 6.07) is 12.4. The molecule has 0 saturated heterocycles. The van der Waals surface area contributed by atoms with Gasteiger partial charge in [-0.2, -0.15) is 0 Å². The predicted octanol–water partition coefficient (Wildman–Crippen LogP) is 9.15. The van der Waals surface area contributed by atoms with E-state index in [0.29, 0.717) is 17.4 Å². The van der Waals surface area contributed by atoms with Gasteiger partial charge in [0.2, 0.25) is 0 Å². The average molecular weight is 491 g/mol. The third-order valence-corrected chi connectivity index (χ3v) is 8.96. The maximum Gasteiger partial charge on any atom is 0.348 e. The van der Waals surface area contributed by atoms with Crippen molar-refractivity contribution in [1.82, 2.24) is 0 Å². The number of thiophene rings is 3. The Labute approximate surface area is 204 Å². The summed E-state index contributed by atoms with van der Waals surface area (Å²) in [5.41, 5.74) is 0. The summed E-state index contributed by atoms with van der Waals surface area (Å²) in [4.78, 5) is 17.7. The molecule has 174 valence electrons. The third kappa shape index (κ3) is 7.46. The van der Waals surface area contributed by atoms with Crippen molar-refractivity contribution >= 4 is 40.0 Å². The Hall–Kier alpha value is -1.63. The molecule has 3 aromatic rings. The highest BCUT2D eigenvalue weighted by Gasteiger charge is 2.15. The van der Waals surface area contributed by atoms with Crippen molar-refractivity contribution in [2.24, 2.45) is 5.92 Å². The Morgan fingerprint density at radius 2 is 1.44 bits per heavy atom. The smallest absolute Gasteiger partial charge is 0.348 e. The molecule has 0 aliphatic heterocycles.